The first-order chi connectivity index (χ1) is 32.0. The number of fused-ring (bicyclic) bond motifs is 4. The number of amides is 2. The number of anilines is 2. The van der Waals surface area contributed by atoms with Gasteiger partial charge in [-0.3, -0.25) is 28.2 Å². The number of ether oxygens (including phenoxy) is 4. The number of aromatic nitrogens is 4. The summed E-state index contributed by atoms with van der Waals surface area (Å²) in [5.41, 5.74) is 5.11. The fourth-order valence-electron chi connectivity index (χ4n) is 7.78. The highest BCUT2D eigenvalue weighted by atomic mass is 35.5. The van der Waals surface area contributed by atoms with E-state index < -0.39 is 20.0 Å². The molecule has 2 aliphatic heterocycles. The second-order valence-electron chi connectivity index (χ2n) is 15.4. The van der Waals surface area contributed by atoms with E-state index in [9.17, 15) is 26.4 Å². The molecular formula is C45H43ClN8O10S3. The second-order valence-corrected chi connectivity index (χ2v) is 20.8. The van der Waals surface area contributed by atoms with Crippen LogP contribution in [0.5, 0.6) is 23.0 Å². The van der Waals surface area contributed by atoms with E-state index in [1.165, 1.54) is 22.7 Å². The standard InChI is InChI=1S/C24H22ClN5O5S2.C21H21N3O5S/c1-29(37(3,32)33)21-16-5-4-10-26-20(16)22(35-13-14-6-8-15(34-2)9-7-14)19-17(21)11-30(23(19)31)12-18-27-24(25)36-28-18;1-24(30(3,26)27)19-15-5-4-10-22-18(15)20(17-16(19)11-23-21(17)25)29-12-13-6-8-14(28-2)9-7-13/h4-10H,11-13H2,1-3H3;4-10H,11-12H2,1-3H3,(H,23,25). The number of methoxy groups -OCH3 is 2. The SMILES string of the molecule is COc1ccc(COc2c3c(c(N(C)S(C)(=O)=O)c4cccnc24)CN(Cc2nsc(Cl)n2)C3=O)cc1.COc1ccc(COc2c3c(c(N(C)S(C)(=O)=O)c4cccnc24)CNC3=O)cc1. The molecule has 0 aliphatic carbocycles. The Kier molecular flexibility index (Phi) is 13.1. The molecule has 5 heterocycles. The van der Waals surface area contributed by atoms with Crippen molar-refractivity contribution in [1.29, 1.82) is 0 Å². The van der Waals surface area contributed by atoms with Gasteiger partial charge in [0.2, 0.25) is 24.5 Å². The molecule has 0 saturated carbocycles. The minimum atomic E-state index is -3.65. The molecule has 0 radical (unpaired) electrons. The van der Waals surface area contributed by atoms with Crippen LogP contribution in [0.2, 0.25) is 4.47 Å². The molecule has 1 N–H and O–H groups in total. The number of nitrogens with zero attached hydrogens (tertiary/aromatic N) is 7. The van der Waals surface area contributed by atoms with Crippen LogP contribution in [0.25, 0.3) is 21.8 Å². The van der Waals surface area contributed by atoms with Crippen molar-refractivity contribution in [3.05, 3.63) is 129 Å². The summed E-state index contributed by atoms with van der Waals surface area (Å²) in [6, 6.07) is 21.8. The monoisotopic (exact) mass is 986 g/mol. The van der Waals surface area contributed by atoms with Crippen molar-refractivity contribution in [2.24, 2.45) is 0 Å². The van der Waals surface area contributed by atoms with E-state index >= 15 is 0 Å². The highest BCUT2D eigenvalue weighted by Gasteiger charge is 2.39. The molecule has 9 rings (SSSR count). The van der Waals surface area contributed by atoms with Gasteiger partial charge in [0.05, 0.1) is 55.8 Å². The number of halogens is 1. The fourth-order valence-corrected chi connectivity index (χ4v) is 9.49. The van der Waals surface area contributed by atoms with Gasteiger partial charge in [-0.1, -0.05) is 24.3 Å². The zero-order chi connectivity index (χ0) is 47.8. The molecule has 18 nitrogen and oxygen atoms in total. The number of hydrogen-bond donors (Lipinski definition) is 1. The van der Waals surface area contributed by atoms with Gasteiger partial charge in [-0.25, -0.2) is 21.8 Å². The van der Waals surface area contributed by atoms with Gasteiger partial charge in [-0.2, -0.15) is 4.37 Å². The first-order valence-electron chi connectivity index (χ1n) is 20.3. The summed E-state index contributed by atoms with van der Waals surface area (Å²) in [5, 5.41) is 3.94. The largest absolute Gasteiger partial charge is 0.497 e. The molecule has 0 spiro atoms. The minimum Gasteiger partial charge on any atom is -0.497 e. The van der Waals surface area contributed by atoms with Gasteiger partial charge in [0, 0.05) is 61.5 Å². The van der Waals surface area contributed by atoms with E-state index in [-0.39, 0.29) is 54.7 Å². The lowest BCUT2D eigenvalue weighted by molar-refractivity contribution is 0.0759. The summed E-state index contributed by atoms with van der Waals surface area (Å²) in [7, 11) is -1.08. The highest BCUT2D eigenvalue weighted by Crippen LogP contribution is 2.46. The van der Waals surface area contributed by atoms with Crippen molar-refractivity contribution in [3.63, 3.8) is 0 Å². The van der Waals surface area contributed by atoms with Crippen LogP contribution in [0, 0.1) is 0 Å². The number of pyridine rings is 2. The third-order valence-electron chi connectivity index (χ3n) is 11.2. The lowest BCUT2D eigenvalue weighted by Crippen LogP contribution is -2.26. The smallest absolute Gasteiger partial charge is 0.258 e. The summed E-state index contributed by atoms with van der Waals surface area (Å²) in [4.78, 5) is 41.0. The van der Waals surface area contributed by atoms with E-state index in [4.69, 9.17) is 30.5 Å². The molecule has 22 heteroatoms. The third-order valence-corrected chi connectivity index (χ3v) is 14.4. The molecule has 0 atom stereocenters. The zero-order valence-electron chi connectivity index (χ0n) is 36.9. The number of nitrogens with one attached hydrogen (secondary N) is 1. The average Bonchev–Trinajstić information content (AvgIpc) is 4.01. The summed E-state index contributed by atoms with van der Waals surface area (Å²) in [5.74, 6) is 1.84. The Morgan fingerprint density at radius 3 is 1.69 bits per heavy atom. The van der Waals surface area contributed by atoms with E-state index in [0.29, 0.717) is 72.9 Å². The third kappa shape index (κ3) is 9.44. The van der Waals surface area contributed by atoms with Crippen molar-refractivity contribution < 1.29 is 45.4 Å². The molecule has 0 unspecified atom stereocenters. The van der Waals surface area contributed by atoms with Crippen molar-refractivity contribution in [2.45, 2.75) is 32.8 Å². The van der Waals surface area contributed by atoms with Gasteiger partial charge in [0.15, 0.2) is 17.3 Å². The molecule has 4 aromatic carbocycles. The first-order valence-corrected chi connectivity index (χ1v) is 25.1. The van der Waals surface area contributed by atoms with Crippen LogP contribution >= 0.6 is 23.1 Å². The summed E-state index contributed by atoms with van der Waals surface area (Å²) >= 11 is 6.97. The number of sulfonamides is 2. The second kappa shape index (κ2) is 18.8. The van der Waals surface area contributed by atoms with E-state index in [1.54, 1.807) is 55.8 Å². The Bertz CT molecular complexity index is 3280. The predicted molar refractivity (Wildman–Crippen MR) is 254 cm³/mol. The number of carbonyl (C=O) groups excluding carboxylic acids is 2. The maximum Gasteiger partial charge on any atom is 0.258 e. The number of carbonyl (C=O) groups is 2. The van der Waals surface area contributed by atoms with Crippen LogP contribution in [0.1, 0.15) is 48.8 Å². The maximum atomic E-state index is 13.7. The van der Waals surface area contributed by atoms with Crippen molar-refractivity contribution in [2.75, 3.05) is 49.4 Å². The Morgan fingerprint density at radius 2 is 1.22 bits per heavy atom. The molecule has 2 aliphatic rings. The fraction of sp³-hybridized carbons (Fsp3) is 0.244. The molecule has 0 bridgehead atoms. The maximum absolute atomic E-state index is 13.7. The molecule has 3 aromatic heterocycles. The number of hydrogen-bond acceptors (Lipinski definition) is 15. The van der Waals surface area contributed by atoms with Crippen LogP contribution in [0.4, 0.5) is 11.4 Å². The Hall–Kier alpha value is -6.81. The number of rotatable bonds is 14. The summed E-state index contributed by atoms with van der Waals surface area (Å²) in [6.07, 6.45) is 5.41. The minimum absolute atomic E-state index is 0.112. The van der Waals surface area contributed by atoms with Crippen molar-refractivity contribution in [1.82, 2.24) is 29.5 Å². The first kappa shape index (κ1) is 46.7. The molecule has 2 amide bonds. The molecule has 67 heavy (non-hydrogen) atoms. The molecule has 7 aromatic rings. The van der Waals surface area contributed by atoms with Crippen LogP contribution in [-0.4, -0.2) is 93.7 Å². The average molecular weight is 988 g/mol. The van der Waals surface area contributed by atoms with Crippen LogP contribution in [-0.2, 0) is 52.9 Å². The van der Waals surface area contributed by atoms with Crippen LogP contribution < -0.4 is 32.9 Å². The molecular weight excluding hydrogens is 944 g/mol. The topological polar surface area (TPSA) is 213 Å². The van der Waals surface area contributed by atoms with Crippen molar-refractivity contribution in [3.8, 4) is 23.0 Å². The molecule has 348 valence electrons. The highest BCUT2D eigenvalue weighted by molar-refractivity contribution is 7.92. The van der Waals surface area contributed by atoms with Crippen LogP contribution in [0.15, 0.2) is 85.2 Å². The quantitative estimate of drug-likeness (QED) is 0.126. The van der Waals surface area contributed by atoms with Gasteiger partial charge in [-0.05, 0) is 82.8 Å². The predicted octanol–water partition coefficient (Wildman–Crippen LogP) is 6.34. The van der Waals surface area contributed by atoms with Gasteiger partial charge in [0.1, 0.15) is 35.7 Å². The zero-order valence-corrected chi connectivity index (χ0v) is 40.1. The van der Waals surface area contributed by atoms with Gasteiger partial charge < -0.3 is 29.2 Å². The molecule has 0 saturated heterocycles. The van der Waals surface area contributed by atoms with Crippen LogP contribution in [0.3, 0.4) is 0 Å². The van der Waals surface area contributed by atoms with Gasteiger partial charge in [0.25, 0.3) is 11.8 Å². The summed E-state index contributed by atoms with van der Waals surface area (Å²) in [6.45, 7) is 0.855. The lowest BCUT2D eigenvalue weighted by atomic mass is 10.0. The summed E-state index contributed by atoms with van der Waals surface area (Å²) < 4.78 is 79.3. The van der Waals surface area contributed by atoms with E-state index in [2.05, 4.69) is 24.6 Å². The lowest BCUT2D eigenvalue weighted by Gasteiger charge is -2.23. The van der Waals surface area contributed by atoms with Gasteiger partial charge in [-0.15, -0.1) is 0 Å². The van der Waals surface area contributed by atoms with Crippen molar-refractivity contribution >= 4 is 88.2 Å². The Balaban J connectivity index is 0.000000186. The Labute approximate surface area is 395 Å². The van der Waals surface area contributed by atoms with E-state index in [0.717, 1.165) is 40.9 Å². The number of benzene rings is 4. The normalized spacial score (nSPS) is 13.1. The van der Waals surface area contributed by atoms with E-state index in [1.807, 2.05) is 48.5 Å². The molecule has 0 fully saturated rings. The Morgan fingerprint density at radius 1 is 0.731 bits per heavy atom. The van der Waals surface area contributed by atoms with Gasteiger partial charge >= 0.3 is 0 Å².